The Labute approximate surface area is 59.0 Å². The van der Waals surface area contributed by atoms with Gasteiger partial charge in [-0.25, -0.2) is 4.79 Å². The minimum atomic E-state index is -0.0272. The van der Waals surface area contributed by atoms with E-state index in [1.54, 1.807) is 11.9 Å². The number of nitrogens with one attached hydrogen (secondary N) is 1. The van der Waals surface area contributed by atoms with E-state index in [4.69, 9.17) is 11.6 Å². The molecule has 0 bridgehead atoms. The lowest BCUT2D eigenvalue weighted by atomic mass is 10.3. The van der Waals surface area contributed by atoms with Crippen molar-refractivity contribution in [3.05, 3.63) is 0 Å². The SMILES string of the molecule is CN1C(=O)NCC1CCl. The van der Waals surface area contributed by atoms with Crippen molar-refractivity contribution in [1.82, 2.24) is 10.2 Å². The zero-order valence-electron chi connectivity index (χ0n) is 5.22. The molecule has 0 aromatic rings. The molecule has 1 N–H and O–H groups in total. The molecular formula is C5H9ClN2O. The largest absolute Gasteiger partial charge is 0.336 e. The van der Waals surface area contributed by atoms with E-state index >= 15 is 0 Å². The molecule has 1 rings (SSSR count). The molecule has 52 valence electrons. The standard InChI is InChI=1S/C5H9ClN2O/c1-8-4(2-6)3-7-5(8)9/h4H,2-3H2,1H3,(H,7,9). The summed E-state index contributed by atoms with van der Waals surface area (Å²) in [5.41, 5.74) is 0. The molecule has 0 aromatic heterocycles. The van der Waals surface area contributed by atoms with Crippen LogP contribution in [0.2, 0.25) is 0 Å². The quantitative estimate of drug-likeness (QED) is 0.532. The van der Waals surface area contributed by atoms with E-state index in [-0.39, 0.29) is 12.1 Å². The van der Waals surface area contributed by atoms with Crippen LogP contribution in [0.5, 0.6) is 0 Å². The Morgan fingerprint density at radius 3 is 2.89 bits per heavy atom. The lowest BCUT2D eigenvalue weighted by Crippen LogP contribution is -2.30. The summed E-state index contributed by atoms with van der Waals surface area (Å²) >= 11 is 5.53. The molecule has 1 aliphatic heterocycles. The van der Waals surface area contributed by atoms with Gasteiger partial charge < -0.3 is 10.2 Å². The second-order valence-corrected chi connectivity index (χ2v) is 2.41. The van der Waals surface area contributed by atoms with Gasteiger partial charge in [0.25, 0.3) is 0 Å². The maximum atomic E-state index is 10.7. The summed E-state index contributed by atoms with van der Waals surface area (Å²) in [5, 5.41) is 2.67. The van der Waals surface area contributed by atoms with Crippen LogP contribution >= 0.6 is 11.6 Å². The van der Waals surface area contributed by atoms with Crippen molar-refractivity contribution >= 4 is 17.6 Å². The number of amides is 2. The highest BCUT2D eigenvalue weighted by molar-refractivity contribution is 6.18. The van der Waals surface area contributed by atoms with Crippen LogP contribution in [0.1, 0.15) is 0 Å². The number of hydrogen-bond donors (Lipinski definition) is 1. The molecule has 1 unspecified atom stereocenters. The van der Waals surface area contributed by atoms with E-state index in [2.05, 4.69) is 5.32 Å². The molecule has 2 amide bonds. The lowest BCUT2D eigenvalue weighted by Gasteiger charge is -2.13. The maximum absolute atomic E-state index is 10.7. The minimum Gasteiger partial charge on any atom is -0.336 e. The van der Waals surface area contributed by atoms with Crippen LogP contribution in [-0.4, -0.2) is 36.4 Å². The predicted octanol–water partition coefficient (Wildman–Crippen LogP) is 0.249. The third-order valence-corrected chi connectivity index (χ3v) is 1.89. The number of rotatable bonds is 1. The van der Waals surface area contributed by atoms with E-state index in [0.717, 1.165) is 0 Å². The van der Waals surface area contributed by atoms with Gasteiger partial charge in [0.05, 0.1) is 6.04 Å². The monoisotopic (exact) mass is 148 g/mol. The molecule has 0 spiro atoms. The Morgan fingerprint density at radius 1 is 2.00 bits per heavy atom. The van der Waals surface area contributed by atoms with Crippen molar-refractivity contribution in [2.75, 3.05) is 19.5 Å². The number of alkyl halides is 1. The van der Waals surface area contributed by atoms with Crippen molar-refractivity contribution in [3.8, 4) is 0 Å². The van der Waals surface area contributed by atoms with Crippen LogP contribution in [0, 0.1) is 0 Å². The van der Waals surface area contributed by atoms with Crippen LogP contribution in [0.25, 0.3) is 0 Å². The van der Waals surface area contributed by atoms with Crippen LogP contribution < -0.4 is 5.32 Å². The molecule has 1 atom stereocenters. The van der Waals surface area contributed by atoms with E-state index in [9.17, 15) is 4.79 Å². The molecule has 9 heavy (non-hydrogen) atoms. The summed E-state index contributed by atoms with van der Waals surface area (Å²) in [7, 11) is 1.75. The number of urea groups is 1. The highest BCUT2D eigenvalue weighted by Gasteiger charge is 2.25. The van der Waals surface area contributed by atoms with Gasteiger partial charge in [-0.05, 0) is 0 Å². The Hall–Kier alpha value is -0.440. The van der Waals surface area contributed by atoms with Crippen molar-refractivity contribution in [2.24, 2.45) is 0 Å². The molecular weight excluding hydrogens is 140 g/mol. The van der Waals surface area contributed by atoms with Gasteiger partial charge in [0.15, 0.2) is 0 Å². The van der Waals surface area contributed by atoms with Crippen LogP contribution in [0.4, 0.5) is 4.79 Å². The van der Waals surface area contributed by atoms with Gasteiger partial charge in [-0.3, -0.25) is 0 Å². The Morgan fingerprint density at radius 2 is 2.67 bits per heavy atom. The predicted molar refractivity (Wildman–Crippen MR) is 35.7 cm³/mol. The normalized spacial score (nSPS) is 26.7. The first-order chi connectivity index (χ1) is 4.25. The molecule has 1 fully saturated rings. The fraction of sp³-hybridized carbons (Fsp3) is 0.800. The second-order valence-electron chi connectivity index (χ2n) is 2.11. The molecule has 0 radical (unpaired) electrons. The topological polar surface area (TPSA) is 32.3 Å². The summed E-state index contributed by atoms with van der Waals surface area (Å²) in [4.78, 5) is 12.3. The first-order valence-corrected chi connectivity index (χ1v) is 3.35. The molecule has 1 heterocycles. The summed E-state index contributed by atoms with van der Waals surface area (Å²) < 4.78 is 0. The number of likely N-dealkylation sites (N-methyl/N-ethyl adjacent to an activating group) is 1. The van der Waals surface area contributed by atoms with Gasteiger partial charge in [0.1, 0.15) is 0 Å². The summed E-state index contributed by atoms with van der Waals surface area (Å²) in [6.45, 7) is 0.679. The van der Waals surface area contributed by atoms with E-state index < -0.39 is 0 Å². The van der Waals surface area contributed by atoms with Crippen LogP contribution in [0.3, 0.4) is 0 Å². The van der Waals surface area contributed by atoms with E-state index in [1.807, 2.05) is 0 Å². The van der Waals surface area contributed by atoms with Gasteiger partial charge in [0.2, 0.25) is 0 Å². The fourth-order valence-corrected chi connectivity index (χ4v) is 1.11. The van der Waals surface area contributed by atoms with Gasteiger partial charge in [-0.2, -0.15) is 0 Å². The number of carbonyl (C=O) groups excluding carboxylic acids is 1. The lowest BCUT2D eigenvalue weighted by molar-refractivity contribution is 0.219. The van der Waals surface area contributed by atoms with E-state index in [1.165, 1.54) is 0 Å². The average Bonchev–Trinajstić information content (AvgIpc) is 2.15. The van der Waals surface area contributed by atoms with Crippen molar-refractivity contribution < 1.29 is 4.79 Å². The number of hydrogen-bond acceptors (Lipinski definition) is 1. The van der Waals surface area contributed by atoms with Crippen LogP contribution in [0.15, 0.2) is 0 Å². The van der Waals surface area contributed by atoms with Gasteiger partial charge in [-0.1, -0.05) is 0 Å². The number of nitrogens with zero attached hydrogens (tertiary/aromatic N) is 1. The van der Waals surface area contributed by atoms with Crippen molar-refractivity contribution in [3.63, 3.8) is 0 Å². The first kappa shape index (κ1) is 6.68. The minimum absolute atomic E-state index is 0.0272. The molecule has 1 saturated heterocycles. The molecule has 3 nitrogen and oxygen atoms in total. The van der Waals surface area contributed by atoms with Gasteiger partial charge in [-0.15, -0.1) is 11.6 Å². The molecule has 0 aromatic carbocycles. The molecule has 0 saturated carbocycles. The third kappa shape index (κ3) is 1.10. The highest BCUT2D eigenvalue weighted by Crippen LogP contribution is 2.04. The number of halogens is 1. The van der Waals surface area contributed by atoms with E-state index in [0.29, 0.717) is 12.4 Å². The Balaban J connectivity index is 2.51. The summed E-state index contributed by atoms with van der Waals surface area (Å²) in [6.07, 6.45) is 0. The zero-order valence-corrected chi connectivity index (χ0v) is 5.98. The third-order valence-electron chi connectivity index (χ3n) is 1.54. The zero-order chi connectivity index (χ0) is 6.85. The number of carbonyl (C=O) groups is 1. The Bertz CT molecular complexity index is 128. The van der Waals surface area contributed by atoms with Crippen molar-refractivity contribution in [1.29, 1.82) is 0 Å². The Kier molecular flexibility index (Phi) is 1.81. The van der Waals surface area contributed by atoms with Crippen LogP contribution in [-0.2, 0) is 0 Å². The summed E-state index contributed by atoms with van der Waals surface area (Å²) in [6, 6.07) is 0.153. The highest BCUT2D eigenvalue weighted by atomic mass is 35.5. The first-order valence-electron chi connectivity index (χ1n) is 2.82. The molecule has 0 aliphatic carbocycles. The van der Waals surface area contributed by atoms with Crippen molar-refractivity contribution in [2.45, 2.75) is 6.04 Å². The average molecular weight is 149 g/mol. The van der Waals surface area contributed by atoms with Gasteiger partial charge in [0, 0.05) is 19.5 Å². The molecule has 4 heteroatoms. The summed E-state index contributed by atoms with van der Waals surface area (Å²) in [5.74, 6) is 0.509. The molecule has 1 aliphatic rings. The second kappa shape index (κ2) is 2.43. The fourth-order valence-electron chi connectivity index (χ4n) is 0.791. The smallest absolute Gasteiger partial charge is 0.317 e. The maximum Gasteiger partial charge on any atom is 0.317 e. The van der Waals surface area contributed by atoms with Gasteiger partial charge >= 0.3 is 6.03 Å².